The number of pyridine rings is 1. The number of nitrogens with zero attached hydrogens (tertiary/aromatic N) is 2. The molecule has 0 radical (unpaired) electrons. The minimum absolute atomic E-state index is 0.185. The molecule has 0 atom stereocenters. The summed E-state index contributed by atoms with van der Waals surface area (Å²) in [5, 5.41) is 12.2. The lowest BCUT2D eigenvalue weighted by molar-refractivity contribution is 0.601. The van der Waals surface area contributed by atoms with E-state index in [2.05, 4.69) is 21.1 Å². The lowest BCUT2D eigenvalue weighted by Crippen LogP contribution is -2.14. The van der Waals surface area contributed by atoms with Gasteiger partial charge in [-0.1, -0.05) is 24.3 Å². The van der Waals surface area contributed by atoms with E-state index in [1.807, 2.05) is 19.1 Å². The zero-order chi connectivity index (χ0) is 18.6. The van der Waals surface area contributed by atoms with Crippen molar-refractivity contribution in [3.05, 3.63) is 78.0 Å². The maximum absolute atomic E-state index is 12.4. The van der Waals surface area contributed by atoms with Gasteiger partial charge in [-0.3, -0.25) is 4.72 Å². The summed E-state index contributed by atoms with van der Waals surface area (Å²) in [6, 6.07) is 19.1. The lowest BCUT2D eigenvalue weighted by atomic mass is 10.2. The first-order chi connectivity index (χ1) is 12.5. The van der Waals surface area contributed by atoms with E-state index in [0.717, 1.165) is 5.56 Å². The van der Waals surface area contributed by atoms with Gasteiger partial charge in [0.05, 0.1) is 28.0 Å². The predicted molar refractivity (Wildman–Crippen MR) is 101 cm³/mol. The molecule has 3 rings (SSSR count). The molecule has 6 nitrogen and oxygen atoms in total. The van der Waals surface area contributed by atoms with Crippen molar-refractivity contribution in [2.45, 2.75) is 11.8 Å². The van der Waals surface area contributed by atoms with E-state index in [9.17, 15) is 8.42 Å². The minimum Gasteiger partial charge on any atom is -0.353 e. The molecule has 0 aliphatic rings. The Bertz CT molecular complexity index is 1070. The van der Waals surface area contributed by atoms with E-state index in [4.69, 9.17) is 5.26 Å². The summed E-state index contributed by atoms with van der Waals surface area (Å²) < 4.78 is 27.3. The summed E-state index contributed by atoms with van der Waals surface area (Å²) in [7, 11) is -3.69. The van der Waals surface area contributed by atoms with E-state index in [-0.39, 0.29) is 10.7 Å². The van der Waals surface area contributed by atoms with Crippen LogP contribution in [0.3, 0.4) is 0 Å². The topological polar surface area (TPSA) is 94.9 Å². The van der Waals surface area contributed by atoms with Gasteiger partial charge in [-0.05, 0) is 48.9 Å². The van der Waals surface area contributed by atoms with E-state index in [0.29, 0.717) is 16.9 Å². The molecule has 0 unspecified atom stereocenters. The van der Waals surface area contributed by atoms with E-state index in [1.165, 1.54) is 12.3 Å². The molecule has 0 amide bonds. The Morgan fingerprint density at radius 1 is 1.04 bits per heavy atom. The Morgan fingerprint density at radius 2 is 1.85 bits per heavy atom. The van der Waals surface area contributed by atoms with Gasteiger partial charge in [0.2, 0.25) is 0 Å². The second-order valence-electron chi connectivity index (χ2n) is 5.64. The zero-order valence-electron chi connectivity index (χ0n) is 14.0. The highest BCUT2D eigenvalue weighted by Gasteiger charge is 2.14. The number of hydrogen-bond acceptors (Lipinski definition) is 5. The van der Waals surface area contributed by atoms with Crippen LogP contribution in [0.4, 0.5) is 17.2 Å². The molecule has 2 N–H and O–H groups in total. The van der Waals surface area contributed by atoms with Crippen molar-refractivity contribution < 1.29 is 8.42 Å². The zero-order valence-corrected chi connectivity index (χ0v) is 14.8. The quantitative estimate of drug-likeness (QED) is 0.718. The molecule has 1 heterocycles. The fourth-order valence-electron chi connectivity index (χ4n) is 2.35. The monoisotopic (exact) mass is 364 g/mol. The third kappa shape index (κ3) is 3.99. The van der Waals surface area contributed by atoms with Crippen molar-refractivity contribution in [1.82, 2.24) is 4.98 Å². The van der Waals surface area contributed by atoms with Crippen LogP contribution in [-0.4, -0.2) is 13.4 Å². The first-order valence-electron chi connectivity index (χ1n) is 7.80. The molecule has 0 saturated heterocycles. The first kappa shape index (κ1) is 17.5. The fourth-order valence-corrected chi connectivity index (χ4v) is 3.47. The first-order valence-corrected chi connectivity index (χ1v) is 9.28. The van der Waals surface area contributed by atoms with E-state index >= 15 is 0 Å². The number of hydrogen-bond donors (Lipinski definition) is 2. The molecule has 0 aliphatic carbocycles. The molecule has 2 aromatic carbocycles. The van der Waals surface area contributed by atoms with E-state index < -0.39 is 10.0 Å². The van der Waals surface area contributed by atoms with Crippen LogP contribution in [0.25, 0.3) is 0 Å². The molecule has 0 aliphatic heterocycles. The van der Waals surface area contributed by atoms with Gasteiger partial charge in [0, 0.05) is 0 Å². The Morgan fingerprint density at radius 3 is 2.54 bits per heavy atom. The van der Waals surface area contributed by atoms with Gasteiger partial charge in [0.25, 0.3) is 10.0 Å². The molecule has 0 fully saturated rings. The second-order valence-corrected chi connectivity index (χ2v) is 7.32. The predicted octanol–water partition coefficient (Wildman–Crippen LogP) is 3.81. The van der Waals surface area contributed by atoms with Gasteiger partial charge in [-0.15, -0.1) is 0 Å². The number of sulfonamides is 1. The largest absolute Gasteiger partial charge is 0.353 e. The van der Waals surface area contributed by atoms with Crippen molar-refractivity contribution in [2.75, 3.05) is 10.0 Å². The molecular formula is C19H16N4O2S. The number of aryl methyl sites for hydroxylation is 1. The van der Waals surface area contributed by atoms with Gasteiger partial charge in [-0.2, -0.15) is 5.26 Å². The van der Waals surface area contributed by atoms with Crippen LogP contribution in [0.5, 0.6) is 0 Å². The third-order valence-electron chi connectivity index (χ3n) is 3.63. The molecular weight excluding hydrogens is 348 g/mol. The SMILES string of the molecule is Cc1cccc(S(=O)(=O)Nc2ccc(Nc3ccccc3C#N)cn2)c1. The van der Waals surface area contributed by atoms with Crippen molar-refractivity contribution >= 4 is 27.2 Å². The second kappa shape index (κ2) is 7.25. The molecule has 7 heteroatoms. The molecule has 3 aromatic rings. The number of aromatic nitrogens is 1. The average Bonchev–Trinajstić information content (AvgIpc) is 2.63. The summed E-state index contributed by atoms with van der Waals surface area (Å²) in [6.07, 6.45) is 1.50. The van der Waals surface area contributed by atoms with Crippen molar-refractivity contribution in [1.29, 1.82) is 5.26 Å². The van der Waals surface area contributed by atoms with Gasteiger partial charge in [-0.25, -0.2) is 13.4 Å². The van der Waals surface area contributed by atoms with Crippen molar-refractivity contribution in [3.63, 3.8) is 0 Å². The summed E-state index contributed by atoms with van der Waals surface area (Å²) in [5.74, 6) is 0.214. The molecule has 0 bridgehead atoms. The average molecular weight is 364 g/mol. The van der Waals surface area contributed by atoms with Gasteiger partial charge in [0.15, 0.2) is 0 Å². The number of anilines is 3. The van der Waals surface area contributed by atoms with E-state index in [1.54, 1.807) is 42.5 Å². The maximum atomic E-state index is 12.4. The number of benzene rings is 2. The third-order valence-corrected chi connectivity index (χ3v) is 4.98. The fraction of sp³-hybridized carbons (Fsp3) is 0.0526. The molecule has 26 heavy (non-hydrogen) atoms. The minimum atomic E-state index is -3.69. The van der Waals surface area contributed by atoms with Crippen LogP contribution in [0, 0.1) is 18.3 Å². The van der Waals surface area contributed by atoms with Crippen molar-refractivity contribution in [2.24, 2.45) is 0 Å². The van der Waals surface area contributed by atoms with Crippen LogP contribution in [0.2, 0.25) is 0 Å². The Labute approximate surface area is 152 Å². The van der Waals surface area contributed by atoms with Crippen LogP contribution < -0.4 is 10.0 Å². The molecule has 0 spiro atoms. The summed E-state index contributed by atoms with van der Waals surface area (Å²) in [6.45, 7) is 1.83. The highest BCUT2D eigenvalue weighted by molar-refractivity contribution is 7.92. The van der Waals surface area contributed by atoms with Gasteiger partial charge in [0.1, 0.15) is 11.9 Å². The maximum Gasteiger partial charge on any atom is 0.263 e. The van der Waals surface area contributed by atoms with Crippen molar-refractivity contribution in [3.8, 4) is 6.07 Å². The van der Waals surface area contributed by atoms with Crippen LogP contribution in [0.1, 0.15) is 11.1 Å². The lowest BCUT2D eigenvalue weighted by Gasteiger charge is -2.10. The van der Waals surface area contributed by atoms with Crippen LogP contribution in [0.15, 0.2) is 71.8 Å². The highest BCUT2D eigenvalue weighted by atomic mass is 32.2. The summed E-state index contributed by atoms with van der Waals surface area (Å²) in [5.41, 5.74) is 2.67. The molecule has 130 valence electrons. The molecule has 1 aromatic heterocycles. The Kier molecular flexibility index (Phi) is 4.87. The summed E-state index contributed by atoms with van der Waals surface area (Å²) >= 11 is 0. The normalized spacial score (nSPS) is 10.8. The van der Waals surface area contributed by atoms with Gasteiger partial charge < -0.3 is 5.32 Å². The molecule has 0 saturated carbocycles. The Hall–Kier alpha value is -3.37. The summed E-state index contributed by atoms with van der Waals surface area (Å²) in [4.78, 5) is 4.31. The number of rotatable bonds is 5. The number of nitrogens with one attached hydrogen (secondary N) is 2. The Balaban J connectivity index is 1.77. The highest BCUT2D eigenvalue weighted by Crippen LogP contribution is 2.21. The number of para-hydroxylation sites is 1. The number of nitriles is 1. The standard InChI is InChI=1S/C19H16N4O2S/c1-14-5-4-7-17(11-14)26(24,25)23-19-10-9-16(13-21-19)22-18-8-3-2-6-15(18)12-20/h2-11,13,22H,1H3,(H,21,23). The smallest absolute Gasteiger partial charge is 0.263 e. The van der Waals surface area contributed by atoms with Crippen LogP contribution in [-0.2, 0) is 10.0 Å². The van der Waals surface area contributed by atoms with Gasteiger partial charge >= 0.3 is 0 Å². The van der Waals surface area contributed by atoms with Crippen LogP contribution >= 0.6 is 0 Å².